The molecule has 1 aromatic carbocycles. The van der Waals surface area contributed by atoms with Crippen LogP contribution in [-0.2, 0) is 11.2 Å². The molecule has 0 saturated carbocycles. The molecule has 0 atom stereocenters. The van der Waals surface area contributed by atoms with Crippen LogP contribution in [-0.4, -0.2) is 46.4 Å². The van der Waals surface area contributed by atoms with Gasteiger partial charge < -0.3 is 20.1 Å². The van der Waals surface area contributed by atoms with Crippen LogP contribution < -0.4 is 15.4 Å². The number of benzene rings is 1. The molecule has 124 valence electrons. The van der Waals surface area contributed by atoms with E-state index in [1.807, 2.05) is 25.1 Å². The standard InChI is InChI=1S/C17H29N3O2/c1-4-22-14-8-7-12-19-17(18-2)20-13-11-15-9-5-6-10-16(15)21-3/h5-6,9-10H,4,7-8,11-14H2,1-3H3,(H2,18,19,20). The molecule has 0 aliphatic heterocycles. The molecule has 2 N–H and O–H groups in total. The van der Waals surface area contributed by atoms with Gasteiger partial charge in [-0.1, -0.05) is 18.2 Å². The van der Waals surface area contributed by atoms with Crippen molar-refractivity contribution < 1.29 is 9.47 Å². The number of nitrogens with one attached hydrogen (secondary N) is 2. The van der Waals surface area contributed by atoms with E-state index in [-0.39, 0.29) is 0 Å². The van der Waals surface area contributed by atoms with Gasteiger partial charge in [0, 0.05) is 33.4 Å². The minimum atomic E-state index is 0.791. The van der Waals surface area contributed by atoms with Gasteiger partial charge in [0.15, 0.2) is 5.96 Å². The Morgan fingerprint density at radius 1 is 1.14 bits per heavy atom. The molecule has 0 fully saturated rings. The van der Waals surface area contributed by atoms with Gasteiger partial charge in [0.2, 0.25) is 0 Å². The highest BCUT2D eigenvalue weighted by Crippen LogP contribution is 2.17. The Morgan fingerprint density at radius 3 is 2.64 bits per heavy atom. The molecule has 22 heavy (non-hydrogen) atoms. The van der Waals surface area contributed by atoms with E-state index in [4.69, 9.17) is 9.47 Å². The molecular weight excluding hydrogens is 278 g/mol. The Kier molecular flexibility index (Phi) is 9.87. The van der Waals surface area contributed by atoms with Gasteiger partial charge in [-0.2, -0.15) is 0 Å². The van der Waals surface area contributed by atoms with Crippen LogP contribution >= 0.6 is 0 Å². The van der Waals surface area contributed by atoms with E-state index in [0.717, 1.165) is 57.3 Å². The van der Waals surface area contributed by atoms with E-state index in [9.17, 15) is 0 Å². The molecule has 5 heteroatoms. The van der Waals surface area contributed by atoms with Gasteiger partial charge in [-0.15, -0.1) is 0 Å². The molecule has 0 aromatic heterocycles. The van der Waals surface area contributed by atoms with E-state index in [1.165, 1.54) is 5.56 Å². The zero-order chi connectivity index (χ0) is 16.0. The van der Waals surface area contributed by atoms with Crippen molar-refractivity contribution in [3.8, 4) is 5.75 Å². The quantitative estimate of drug-likeness (QED) is 0.395. The highest BCUT2D eigenvalue weighted by Gasteiger charge is 2.02. The summed E-state index contributed by atoms with van der Waals surface area (Å²) < 4.78 is 10.7. The maximum absolute atomic E-state index is 5.36. The fourth-order valence-corrected chi connectivity index (χ4v) is 2.13. The Labute approximate surface area is 134 Å². The van der Waals surface area contributed by atoms with Gasteiger partial charge in [-0.05, 0) is 37.8 Å². The minimum Gasteiger partial charge on any atom is -0.496 e. The Balaban J connectivity index is 2.21. The predicted octanol–water partition coefficient (Wildman–Crippen LogP) is 2.22. The summed E-state index contributed by atoms with van der Waals surface area (Å²) in [5.74, 6) is 1.77. The summed E-state index contributed by atoms with van der Waals surface area (Å²) >= 11 is 0. The lowest BCUT2D eigenvalue weighted by Gasteiger charge is -2.13. The number of hydrogen-bond donors (Lipinski definition) is 2. The molecule has 5 nitrogen and oxygen atoms in total. The van der Waals surface area contributed by atoms with Crippen LogP contribution in [0.5, 0.6) is 5.75 Å². The molecule has 0 spiro atoms. The lowest BCUT2D eigenvalue weighted by Crippen LogP contribution is -2.38. The van der Waals surface area contributed by atoms with Gasteiger partial charge in [-0.25, -0.2) is 0 Å². The Bertz CT molecular complexity index is 436. The molecule has 0 heterocycles. The third-order valence-electron chi connectivity index (χ3n) is 3.31. The van der Waals surface area contributed by atoms with E-state index < -0.39 is 0 Å². The van der Waals surface area contributed by atoms with Gasteiger partial charge in [0.05, 0.1) is 7.11 Å². The largest absolute Gasteiger partial charge is 0.496 e. The molecule has 1 rings (SSSR count). The Morgan fingerprint density at radius 2 is 1.91 bits per heavy atom. The second-order valence-corrected chi connectivity index (χ2v) is 4.89. The highest BCUT2D eigenvalue weighted by molar-refractivity contribution is 5.79. The number of ether oxygens (including phenoxy) is 2. The normalized spacial score (nSPS) is 11.3. The fourth-order valence-electron chi connectivity index (χ4n) is 2.13. The van der Waals surface area contributed by atoms with Crippen LogP contribution in [0.3, 0.4) is 0 Å². The predicted molar refractivity (Wildman–Crippen MR) is 91.8 cm³/mol. The maximum Gasteiger partial charge on any atom is 0.190 e. The molecular formula is C17H29N3O2. The third kappa shape index (κ3) is 7.31. The zero-order valence-corrected chi connectivity index (χ0v) is 14.0. The van der Waals surface area contributed by atoms with Crippen molar-refractivity contribution in [3.05, 3.63) is 29.8 Å². The van der Waals surface area contributed by atoms with Crippen LogP contribution in [0.25, 0.3) is 0 Å². The van der Waals surface area contributed by atoms with Crippen molar-refractivity contribution >= 4 is 5.96 Å². The first kappa shape index (κ1) is 18.3. The SMILES string of the molecule is CCOCCCCNC(=NC)NCCc1ccccc1OC. The lowest BCUT2D eigenvalue weighted by atomic mass is 10.1. The summed E-state index contributed by atoms with van der Waals surface area (Å²) in [7, 11) is 3.49. The third-order valence-corrected chi connectivity index (χ3v) is 3.31. The smallest absolute Gasteiger partial charge is 0.190 e. The van der Waals surface area contributed by atoms with Crippen LogP contribution in [0, 0.1) is 0 Å². The van der Waals surface area contributed by atoms with Crippen molar-refractivity contribution in [3.63, 3.8) is 0 Å². The maximum atomic E-state index is 5.36. The number of aliphatic imine (C=N–C) groups is 1. The van der Waals surface area contributed by atoms with Crippen LogP contribution in [0.1, 0.15) is 25.3 Å². The highest BCUT2D eigenvalue weighted by atomic mass is 16.5. The summed E-state index contributed by atoms with van der Waals surface area (Å²) in [6.45, 7) is 5.36. The van der Waals surface area contributed by atoms with Crippen LogP contribution in [0.15, 0.2) is 29.3 Å². The van der Waals surface area contributed by atoms with Crippen LogP contribution in [0.2, 0.25) is 0 Å². The van der Waals surface area contributed by atoms with Gasteiger partial charge in [0.25, 0.3) is 0 Å². The monoisotopic (exact) mass is 307 g/mol. The topological polar surface area (TPSA) is 54.9 Å². The summed E-state index contributed by atoms with van der Waals surface area (Å²) in [4.78, 5) is 4.23. The molecule has 0 bridgehead atoms. The first-order chi connectivity index (χ1) is 10.8. The zero-order valence-electron chi connectivity index (χ0n) is 14.0. The Hall–Kier alpha value is -1.75. The van der Waals surface area contributed by atoms with E-state index in [1.54, 1.807) is 14.2 Å². The van der Waals surface area contributed by atoms with Crippen LogP contribution in [0.4, 0.5) is 0 Å². The number of guanidine groups is 1. The molecule has 0 saturated heterocycles. The van der Waals surface area contributed by atoms with Crippen molar-refractivity contribution in [1.29, 1.82) is 0 Å². The van der Waals surface area contributed by atoms with Crippen molar-refractivity contribution in [2.45, 2.75) is 26.2 Å². The minimum absolute atomic E-state index is 0.791. The van der Waals surface area contributed by atoms with Gasteiger partial charge >= 0.3 is 0 Å². The number of unbranched alkanes of at least 4 members (excludes halogenated alkanes) is 1. The molecule has 0 amide bonds. The first-order valence-electron chi connectivity index (χ1n) is 7.96. The number of methoxy groups -OCH3 is 1. The number of nitrogens with zero attached hydrogens (tertiary/aromatic N) is 1. The lowest BCUT2D eigenvalue weighted by molar-refractivity contribution is 0.143. The summed E-state index contributed by atoms with van der Waals surface area (Å²) in [6, 6.07) is 8.09. The average molecular weight is 307 g/mol. The fraction of sp³-hybridized carbons (Fsp3) is 0.588. The average Bonchev–Trinajstić information content (AvgIpc) is 2.56. The van der Waals surface area contributed by atoms with Crippen molar-refractivity contribution in [2.75, 3.05) is 40.5 Å². The van der Waals surface area contributed by atoms with E-state index in [0.29, 0.717) is 0 Å². The van der Waals surface area contributed by atoms with Gasteiger partial charge in [-0.3, -0.25) is 4.99 Å². The summed E-state index contributed by atoms with van der Waals surface area (Å²) in [5.41, 5.74) is 1.20. The summed E-state index contributed by atoms with van der Waals surface area (Å²) in [5, 5.41) is 6.64. The molecule has 0 unspecified atom stereocenters. The second kappa shape index (κ2) is 11.9. The van der Waals surface area contributed by atoms with E-state index >= 15 is 0 Å². The first-order valence-corrected chi connectivity index (χ1v) is 7.96. The van der Waals surface area contributed by atoms with Crippen molar-refractivity contribution in [1.82, 2.24) is 10.6 Å². The molecule has 0 radical (unpaired) electrons. The molecule has 0 aliphatic rings. The number of hydrogen-bond acceptors (Lipinski definition) is 3. The molecule has 0 aliphatic carbocycles. The van der Waals surface area contributed by atoms with Gasteiger partial charge in [0.1, 0.15) is 5.75 Å². The van der Waals surface area contributed by atoms with Crippen molar-refractivity contribution in [2.24, 2.45) is 4.99 Å². The number of para-hydroxylation sites is 1. The second-order valence-electron chi connectivity index (χ2n) is 4.89. The summed E-state index contributed by atoms with van der Waals surface area (Å²) in [6.07, 6.45) is 3.04. The molecule has 1 aromatic rings. The number of rotatable bonds is 10. The van der Waals surface area contributed by atoms with E-state index in [2.05, 4.69) is 21.7 Å².